The molecule has 0 aliphatic heterocycles. The van der Waals surface area contributed by atoms with Gasteiger partial charge in [0, 0.05) is 10.2 Å². The van der Waals surface area contributed by atoms with Crippen LogP contribution in [0, 0.1) is 13.8 Å². The fourth-order valence-electron chi connectivity index (χ4n) is 1.13. The largest absolute Gasteiger partial charge is 0.384 e. The third kappa shape index (κ3) is 4.82. The minimum absolute atomic E-state index is 0.565. The second kappa shape index (κ2) is 6.20. The number of halogens is 1. The van der Waals surface area contributed by atoms with Crippen LogP contribution in [0.15, 0.2) is 34.8 Å². The van der Waals surface area contributed by atoms with Gasteiger partial charge in [0.2, 0.25) is 0 Å². The van der Waals surface area contributed by atoms with Crippen molar-refractivity contribution in [2.75, 3.05) is 11.5 Å². The average Bonchev–Trinajstić information content (AvgIpc) is 2.24. The third-order valence-electron chi connectivity index (χ3n) is 1.95. The molecule has 0 aliphatic carbocycles. The Morgan fingerprint density at radius 1 is 0.941 bits per heavy atom. The number of nitrogens with zero attached hydrogens (tertiary/aromatic N) is 2. The van der Waals surface area contributed by atoms with E-state index in [1.807, 2.05) is 32.0 Å². The van der Waals surface area contributed by atoms with Crippen molar-refractivity contribution in [3.63, 3.8) is 0 Å². The van der Waals surface area contributed by atoms with Crippen LogP contribution >= 0.6 is 15.9 Å². The maximum absolute atomic E-state index is 5.40. The van der Waals surface area contributed by atoms with Crippen molar-refractivity contribution in [3.05, 3.63) is 46.2 Å². The molecule has 0 saturated carbocycles. The molecule has 2 rings (SSSR count). The van der Waals surface area contributed by atoms with Crippen LogP contribution in [-0.2, 0) is 0 Å². The zero-order valence-electron chi connectivity index (χ0n) is 9.81. The Morgan fingerprint density at radius 3 is 2.00 bits per heavy atom. The summed E-state index contributed by atoms with van der Waals surface area (Å²) in [6.45, 7) is 3.82. The normalized spacial score (nSPS) is 9.35. The Kier molecular flexibility index (Phi) is 4.90. The van der Waals surface area contributed by atoms with Crippen molar-refractivity contribution >= 4 is 27.6 Å². The third-order valence-corrected chi connectivity index (χ3v) is 2.79. The summed E-state index contributed by atoms with van der Waals surface area (Å²) >= 11 is 3.31. The lowest BCUT2D eigenvalue weighted by Gasteiger charge is -1.95. The number of hydrogen-bond donors (Lipinski definition) is 2. The number of rotatable bonds is 0. The summed E-state index contributed by atoms with van der Waals surface area (Å²) in [5, 5.41) is 0. The molecule has 17 heavy (non-hydrogen) atoms. The maximum Gasteiger partial charge on any atom is 0.123 e. The summed E-state index contributed by atoms with van der Waals surface area (Å²) in [5.74, 6) is 1.15. The molecule has 4 nitrogen and oxygen atoms in total. The molecule has 5 heteroatoms. The smallest absolute Gasteiger partial charge is 0.123 e. The van der Waals surface area contributed by atoms with Gasteiger partial charge in [0.25, 0.3) is 0 Å². The van der Waals surface area contributed by atoms with E-state index in [0.717, 1.165) is 15.9 Å². The van der Waals surface area contributed by atoms with Crippen LogP contribution in [0.5, 0.6) is 0 Å². The van der Waals surface area contributed by atoms with Crippen LogP contribution < -0.4 is 11.5 Å². The molecule has 0 bridgehead atoms. The number of nitrogen functional groups attached to an aromatic ring is 2. The molecule has 0 aromatic carbocycles. The molecule has 2 aromatic rings. The molecule has 0 unspecified atom stereocenters. The lowest BCUT2D eigenvalue weighted by molar-refractivity contribution is 1.19. The summed E-state index contributed by atoms with van der Waals surface area (Å²) in [7, 11) is 0. The quantitative estimate of drug-likeness (QED) is 0.783. The monoisotopic (exact) mass is 294 g/mol. The van der Waals surface area contributed by atoms with Gasteiger partial charge >= 0.3 is 0 Å². The van der Waals surface area contributed by atoms with Gasteiger partial charge in [0.15, 0.2) is 0 Å². The first-order valence-corrected chi connectivity index (χ1v) is 5.86. The first-order chi connectivity index (χ1) is 7.99. The van der Waals surface area contributed by atoms with Crippen molar-refractivity contribution in [3.8, 4) is 0 Å². The standard InChI is InChI=1S/C6H7BrN2.C6H8N2/c1-4-5(7)2-3-6(8)9-4;1-5-3-2-4-6(7)8-5/h2-3H,1H3,(H2,8,9);2-4H,1H3,(H2,7,8). The fraction of sp³-hybridized carbons (Fsp3) is 0.167. The van der Waals surface area contributed by atoms with Crippen LogP contribution in [0.25, 0.3) is 0 Å². The highest BCUT2D eigenvalue weighted by atomic mass is 79.9. The highest BCUT2D eigenvalue weighted by Crippen LogP contribution is 2.13. The van der Waals surface area contributed by atoms with E-state index in [4.69, 9.17) is 11.5 Å². The van der Waals surface area contributed by atoms with Crippen molar-refractivity contribution in [1.29, 1.82) is 0 Å². The van der Waals surface area contributed by atoms with Crippen LogP contribution in [0.2, 0.25) is 0 Å². The van der Waals surface area contributed by atoms with E-state index in [-0.39, 0.29) is 0 Å². The predicted octanol–water partition coefficient (Wildman–Crippen LogP) is 2.71. The van der Waals surface area contributed by atoms with Crippen molar-refractivity contribution in [1.82, 2.24) is 9.97 Å². The number of nitrogens with two attached hydrogens (primary N) is 2. The molecule has 0 fully saturated rings. The molecular weight excluding hydrogens is 280 g/mol. The molecular formula is C12H15BrN4. The lowest BCUT2D eigenvalue weighted by atomic mass is 10.4. The van der Waals surface area contributed by atoms with Gasteiger partial charge in [-0.15, -0.1) is 0 Å². The summed E-state index contributed by atoms with van der Waals surface area (Å²) < 4.78 is 0.997. The second-order valence-corrected chi connectivity index (χ2v) is 4.36. The molecule has 0 atom stereocenters. The number of aryl methyl sites for hydroxylation is 2. The number of aromatic nitrogens is 2. The Labute approximate surface area is 109 Å². The highest BCUT2D eigenvalue weighted by Gasteiger charge is 1.92. The van der Waals surface area contributed by atoms with Gasteiger partial charge in [-0.1, -0.05) is 6.07 Å². The maximum atomic E-state index is 5.40. The van der Waals surface area contributed by atoms with Gasteiger partial charge in [0.1, 0.15) is 11.6 Å². The van der Waals surface area contributed by atoms with Crippen molar-refractivity contribution in [2.45, 2.75) is 13.8 Å². The van der Waals surface area contributed by atoms with E-state index < -0.39 is 0 Å². The van der Waals surface area contributed by atoms with Gasteiger partial charge in [-0.3, -0.25) is 0 Å². The Hall–Kier alpha value is -1.62. The van der Waals surface area contributed by atoms with E-state index in [2.05, 4.69) is 25.9 Å². The summed E-state index contributed by atoms with van der Waals surface area (Å²) in [5.41, 5.74) is 12.6. The second-order valence-electron chi connectivity index (χ2n) is 3.51. The van der Waals surface area contributed by atoms with Gasteiger partial charge in [-0.2, -0.15) is 0 Å². The molecule has 2 heterocycles. The average molecular weight is 295 g/mol. The minimum Gasteiger partial charge on any atom is -0.384 e. The minimum atomic E-state index is 0.565. The summed E-state index contributed by atoms with van der Waals surface area (Å²) in [6, 6.07) is 9.22. The van der Waals surface area contributed by atoms with Crippen molar-refractivity contribution in [2.24, 2.45) is 0 Å². The van der Waals surface area contributed by atoms with Crippen LogP contribution in [0.4, 0.5) is 11.6 Å². The first-order valence-electron chi connectivity index (χ1n) is 5.07. The first kappa shape index (κ1) is 13.4. The topological polar surface area (TPSA) is 77.8 Å². The van der Waals surface area contributed by atoms with Crippen LogP contribution in [0.1, 0.15) is 11.4 Å². The predicted molar refractivity (Wildman–Crippen MR) is 74.5 cm³/mol. The van der Waals surface area contributed by atoms with E-state index in [1.54, 1.807) is 12.1 Å². The van der Waals surface area contributed by atoms with E-state index in [1.165, 1.54) is 0 Å². The van der Waals surface area contributed by atoms with Crippen molar-refractivity contribution < 1.29 is 0 Å². The summed E-state index contributed by atoms with van der Waals surface area (Å²) in [4.78, 5) is 7.96. The zero-order valence-corrected chi connectivity index (χ0v) is 11.4. The van der Waals surface area contributed by atoms with Crippen LogP contribution in [-0.4, -0.2) is 9.97 Å². The Balaban J connectivity index is 0.000000171. The van der Waals surface area contributed by atoms with Gasteiger partial charge in [0.05, 0.1) is 5.69 Å². The Morgan fingerprint density at radius 2 is 1.59 bits per heavy atom. The summed E-state index contributed by atoms with van der Waals surface area (Å²) in [6.07, 6.45) is 0. The lowest BCUT2D eigenvalue weighted by Crippen LogP contribution is -1.91. The molecule has 0 aliphatic rings. The molecule has 0 spiro atoms. The van der Waals surface area contributed by atoms with E-state index >= 15 is 0 Å². The molecule has 2 aromatic heterocycles. The van der Waals surface area contributed by atoms with Gasteiger partial charge in [-0.05, 0) is 54.0 Å². The number of anilines is 2. The van der Waals surface area contributed by atoms with Gasteiger partial charge < -0.3 is 11.5 Å². The molecule has 90 valence electrons. The fourth-order valence-corrected chi connectivity index (χ4v) is 1.35. The molecule has 0 saturated heterocycles. The van der Waals surface area contributed by atoms with E-state index in [0.29, 0.717) is 11.6 Å². The van der Waals surface area contributed by atoms with Crippen LogP contribution in [0.3, 0.4) is 0 Å². The SMILES string of the molecule is Cc1cccc(N)n1.Cc1nc(N)ccc1Br. The number of hydrogen-bond acceptors (Lipinski definition) is 4. The van der Waals surface area contributed by atoms with Gasteiger partial charge in [-0.25, -0.2) is 9.97 Å². The zero-order chi connectivity index (χ0) is 12.8. The number of pyridine rings is 2. The van der Waals surface area contributed by atoms with E-state index in [9.17, 15) is 0 Å². The molecule has 0 radical (unpaired) electrons. The molecule has 0 amide bonds. The molecule has 4 N–H and O–H groups in total. The Bertz CT molecular complexity index is 482. The highest BCUT2D eigenvalue weighted by molar-refractivity contribution is 9.10.